The van der Waals surface area contributed by atoms with Gasteiger partial charge in [-0.1, -0.05) is 63.0 Å². The van der Waals surface area contributed by atoms with Crippen molar-refractivity contribution in [2.24, 2.45) is 10.6 Å². The first-order valence-electron chi connectivity index (χ1n) is 6.87. The van der Waals surface area contributed by atoms with Gasteiger partial charge in [-0.15, -0.1) is 0 Å². The zero-order valence-corrected chi connectivity index (χ0v) is 13.1. The summed E-state index contributed by atoms with van der Waals surface area (Å²) in [4.78, 5) is 5.49. The van der Waals surface area contributed by atoms with Crippen LogP contribution in [0, 0.1) is 5.41 Å². The smallest absolute Gasteiger partial charge is 0.142 e. The van der Waals surface area contributed by atoms with Gasteiger partial charge >= 0.3 is 0 Å². The summed E-state index contributed by atoms with van der Waals surface area (Å²) in [5.74, 6) is 0. The second-order valence-electron chi connectivity index (χ2n) is 5.79. The van der Waals surface area contributed by atoms with Gasteiger partial charge in [0.25, 0.3) is 0 Å². The highest BCUT2D eigenvalue weighted by Crippen LogP contribution is 2.21. The molecule has 0 aromatic heterocycles. The van der Waals surface area contributed by atoms with E-state index in [-0.39, 0.29) is 5.41 Å². The molecule has 1 rings (SSSR count). The molecule has 0 radical (unpaired) electrons. The fourth-order valence-electron chi connectivity index (χ4n) is 1.71. The summed E-state index contributed by atoms with van der Waals surface area (Å²) in [5, 5.41) is 5.06. The summed E-state index contributed by atoms with van der Waals surface area (Å²) in [6, 6.07) is 7.67. The average molecular weight is 282 g/mol. The molecule has 0 saturated carbocycles. The van der Waals surface area contributed by atoms with Crippen molar-refractivity contribution in [3.63, 3.8) is 0 Å². The first-order valence-corrected chi connectivity index (χ1v) is 7.25. The van der Waals surface area contributed by atoms with Crippen LogP contribution in [0.2, 0.25) is 5.02 Å². The molecule has 0 aliphatic heterocycles. The lowest BCUT2D eigenvalue weighted by molar-refractivity contribution is 0.127. The molecule has 0 bridgehead atoms. The molecule has 19 heavy (non-hydrogen) atoms. The molecular formula is C16H24ClNO. The Labute approximate surface area is 121 Å². The van der Waals surface area contributed by atoms with Crippen LogP contribution in [0.3, 0.4) is 0 Å². The van der Waals surface area contributed by atoms with E-state index in [4.69, 9.17) is 16.4 Å². The van der Waals surface area contributed by atoms with Crippen LogP contribution in [0.5, 0.6) is 0 Å². The molecule has 0 atom stereocenters. The number of nitrogens with zero attached hydrogens (tertiary/aromatic N) is 1. The SMILES string of the molecule is CCCC/C(=N/OCc1cccc(Cl)c1)C(C)(C)C. The van der Waals surface area contributed by atoms with Crippen molar-refractivity contribution in [3.8, 4) is 0 Å². The number of hydrogen-bond donors (Lipinski definition) is 0. The van der Waals surface area contributed by atoms with E-state index in [1.807, 2.05) is 24.3 Å². The highest BCUT2D eigenvalue weighted by Gasteiger charge is 2.19. The molecule has 0 unspecified atom stereocenters. The van der Waals surface area contributed by atoms with Gasteiger partial charge in [0.2, 0.25) is 0 Å². The molecular weight excluding hydrogens is 258 g/mol. The zero-order chi connectivity index (χ0) is 14.3. The highest BCUT2D eigenvalue weighted by molar-refractivity contribution is 6.30. The van der Waals surface area contributed by atoms with Crippen molar-refractivity contribution < 1.29 is 4.84 Å². The van der Waals surface area contributed by atoms with Gasteiger partial charge in [-0.05, 0) is 30.5 Å². The van der Waals surface area contributed by atoms with Crippen LogP contribution < -0.4 is 0 Å². The van der Waals surface area contributed by atoms with Crippen LogP contribution in [-0.4, -0.2) is 5.71 Å². The van der Waals surface area contributed by atoms with Gasteiger partial charge in [0.1, 0.15) is 6.61 Å². The predicted octanol–water partition coefficient (Wildman–Crippen LogP) is 5.45. The molecule has 0 N–H and O–H groups in total. The summed E-state index contributed by atoms with van der Waals surface area (Å²) < 4.78 is 0. The molecule has 106 valence electrons. The van der Waals surface area contributed by atoms with E-state index in [9.17, 15) is 0 Å². The van der Waals surface area contributed by atoms with Crippen molar-refractivity contribution in [1.29, 1.82) is 0 Å². The normalized spacial score (nSPS) is 12.6. The highest BCUT2D eigenvalue weighted by atomic mass is 35.5. The molecule has 0 fully saturated rings. The van der Waals surface area contributed by atoms with E-state index in [1.54, 1.807) is 0 Å². The molecule has 0 aliphatic carbocycles. The fraction of sp³-hybridized carbons (Fsp3) is 0.562. The zero-order valence-electron chi connectivity index (χ0n) is 12.4. The van der Waals surface area contributed by atoms with Gasteiger partial charge in [-0.3, -0.25) is 0 Å². The van der Waals surface area contributed by atoms with Crippen LogP contribution in [-0.2, 0) is 11.4 Å². The monoisotopic (exact) mass is 281 g/mol. The predicted molar refractivity (Wildman–Crippen MR) is 82.7 cm³/mol. The van der Waals surface area contributed by atoms with Crippen LogP contribution >= 0.6 is 11.6 Å². The van der Waals surface area contributed by atoms with Gasteiger partial charge in [0, 0.05) is 10.4 Å². The Morgan fingerprint density at radius 2 is 2.05 bits per heavy atom. The van der Waals surface area contributed by atoms with Gasteiger partial charge in [0.15, 0.2) is 0 Å². The van der Waals surface area contributed by atoms with Gasteiger partial charge in [-0.2, -0.15) is 0 Å². The van der Waals surface area contributed by atoms with E-state index in [0.29, 0.717) is 6.61 Å². The lowest BCUT2D eigenvalue weighted by Gasteiger charge is -2.20. The van der Waals surface area contributed by atoms with Gasteiger partial charge < -0.3 is 4.84 Å². The van der Waals surface area contributed by atoms with Crippen molar-refractivity contribution >= 4 is 17.3 Å². The van der Waals surface area contributed by atoms with Crippen LogP contribution in [0.4, 0.5) is 0 Å². The standard InChI is InChI=1S/C16H24ClNO/c1-5-6-10-15(16(2,3)4)18-19-12-13-8-7-9-14(17)11-13/h7-9,11H,5-6,10,12H2,1-4H3/b18-15-. The van der Waals surface area contributed by atoms with Crippen molar-refractivity contribution in [2.75, 3.05) is 0 Å². The first kappa shape index (κ1) is 16.0. The number of halogens is 1. The molecule has 1 aromatic rings. The Balaban J connectivity index is 2.60. The van der Waals surface area contributed by atoms with Gasteiger partial charge in [0.05, 0.1) is 5.71 Å². The van der Waals surface area contributed by atoms with Crippen LogP contribution in [0.25, 0.3) is 0 Å². The molecule has 3 heteroatoms. The third-order valence-electron chi connectivity index (χ3n) is 2.93. The average Bonchev–Trinajstić information content (AvgIpc) is 2.32. The third-order valence-corrected chi connectivity index (χ3v) is 3.16. The summed E-state index contributed by atoms with van der Waals surface area (Å²) in [6.07, 6.45) is 3.32. The molecule has 1 aromatic carbocycles. The quantitative estimate of drug-likeness (QED) is 0.502. The summed E-state index contributed by atoms with van der Waals surface area (Å²) >= 11 is 5.94. The topological polar surface area (TPSA) is 21.6 Å². The number of unbranched alkanes of at least 4 members (excludes halogenated alkanes) is 1. The Bertz CT molecular complexity index is 421. The molecule has 2 nitrogen and oxygen atoms in total. The van der Waals surface area contributed by atoms with E-state index >= 15 is 0 Å². The minimum Gasteiger partial charge on any atom is -0.391 e. The minimum atomic E-state index is 0.0590. The maximum Gasteiger partial charge on any atom is 0.142 e. The number of oxime groups is 1. The van der Waals surface area contributed by atoms with Crippen molar-refractivity contribution in [3.05, 3.63) is 34.9 Å². The number of benzene rings is 1. The van der Waals surface area contributed by atoms with Crippen LogP contribution in [0.15, 0.2) is 29.4 Å². The Hall–Kier alpha value is -1.02. The van der Waals surface area contributed by atoms with Crippen molar-refractivity contribution in [1.82, 2.24) is 0 Å². The lowest BCUT2D eigenvalue weighted by atomic mass is 9.87. The van der Waals surface area contributed by atoms with Gasteiger partial charge in [-0.25, -0.2) is 0 Å². The molecule has 0 amide bonds. The fourth-order valence-corrected chi connectivity index (χ4v) is 1.93. The Morgan fingerprint density at radius 3 is 2.63 bits per heavy atom. The van der Waals surface area contributed by atoms with Crippen molar-refractivity contribution in [2.45, 2.75) is 53.6 Å². The van der Waals surface area contributed by atoms with E-state index < -0.39 is 0 Å². The summed E-state index contributed by atoms with van der Waals surface area (Å²) in [6.45, 7) is 9.16. The maximum absolute atomic E-state index is 5.94. The summed E-state index contributed by atoms with van der Waals surface area (Å²) in [5.41, 5.74) is 2.22. The minimum absolute atomic E-state index is 0.0590. The first-order chi connectivity index (χ1) is 8.93. The second-order valence-corrected chi connectivity index (χ2v) is 6.23. The number of rotatable bonds is 6. The molecule has 0 heterocycles. The maximum atomic E-state index is 5.94. The van der Waals surface area contributed by atoms with E-state index in [0.717, 1.165) is 29.1 Å². The Morgan fingerprint density at radius 1 is 1.32 bits per heavy atom. The lowest BCUT2D eigenvalue weighted by Crippen LogP contribution is -2.20. The largest absolute Gasteiger partial charge is 0.391 e. The Kier molecular flexibility index (Phi) is 6.36. The van der Waals surface area contributed by atoms with Crippen LogP contribution in [0.1, 0.15) is 52.5 Å². The van der Waals surface area contributed by atoms with E-state index in [1.165, 1.54) is 6.42 Å². The molecule has 0 aliphatic rings. The third kappa shape index (κ3) is 6.11. The molecule has 0 spiro atoms. The summed E-state index contributed by atoms with van der Waals surface area (Å²) in [7, 11) is 0. The second kappa shape index (κ2) is 7.54. The molecule has 0 saturated heterocycles. The number of hydrogen-bond acceptors (Lipinski definition) is 2. The van der Waals surface area contributed by atoms with E-state index in [2.05, 4.69) is 32.9 Å².